The van der Waals surface area contributed by atoms with Crippen molar-refractivity contribution in [2.45, 2.75) is 33.4 Å². The van der Waals surface area contributed by atoms with Crippen LogP contribution < -0.4 is 0 Å². The van der Waals surface area contributed by atoms with E-state index in [-0.39, 0.29) is 6.61 Å². The summed E-state index contributed by atoms with van der Waals surface area (Å²) < 4.78 is 1.98. The Hall–Kier alpha value is -0.800. The molecule has 0 bridgehead atoms. The van der Waals surface area contributed by atoms with Crippen LogP contribution in [-0.2, 0) is 6.54 Å². The first-order valence-corrected chi connectivity index (χ1v) is 4.48. The molecule has 0 aliphatic rings. The summed E-state index contributed by atoms with van der Waals surface area (Å²) in [5, 5.41) is 18.0. The Balaban J connectivity index is 2.83. The molecule has 1 unspecified atom stereocenters. The van der Waals surface area contributed by atoms with Crippen LogP contribution in [0.15, 0.2) is 6.20 Å². The van der Waals surface area contributed by atoms with Crippen molar-refractivity contribution >= 4 is 0 Å². The molecule has 0 radical (unpaired) electrons. The summed E-state index contributed by atoms with van der Waals surface area (Å²) in [5.41, 5.74) is 3.64. The second kappa shape index (κ2) is 3.94. The largest absolute Gasteiger partial charge is 0.394 e. The molecule has 0 aromatic carbocycles. The predicted octanol–water partition coefficient (Wildman–Crippen LogP) is 0.767. The lowest BCUT2D eigenvalue weighted by molar-refractivity contribution is 0.0808. The van der Waals surface area contributed by atoms with Crippen LogP contribution in [0.3, 0.4) is 0 Å². The van der Waals surface area contributed by atoms with Crippen molar-refractivity contribution in [2.24, 2.45) is 0 Å². The predicted molar refractivity (Wildman–Crippen MR) is 51.7 cm³/mol. The average molecular weight is 183 g/mol. The molecule has 0 aliphatic carbocycles. The van der Waals surface area contributed by atoms with Gasteiger partial charge in [-0.3, -0.25) is 0 Å². The van der Waals surface area contributed by atoms with Gasteiger partial charge in [-0.25, -0.2) is 0 Å². The van der Waals surface area contributed by atoms with Crippen molar-refractivity contribution in [3.05, 3.63) is 23.0 Å². The molecular formula is C10H17NO2. The molecule has 0 saturated heterocycles. The highest BCUT2D eigenvalue weighted by molar-refractivity contribution is 5.28. The van der Waals surface area contributed by atoms with Gasteiger partial charge < -0.3 is 14.8 Å². The minimum Gasteiger partial charge on any atom is -0.394 e. The molecule has 0 saturated carbocycles. The number of aliphatic hydroxyl groups excluding tert-OH is 2. The number of aliphatic hydroxyl groups is 2. The molecule has 1 aromatic heterocycles. The second-order valence-electron chi connectivity index (χ2n) is 3.51. The Morgan fingerprint density at radius 3 is 2.38 bits per heavy atom. The van der Waals surface area contributed by atoms with Crippen LogP contribution in [0.25, 0.3) is 0 Å². The highest BCUT2D eigenvalue weighted by atomic mass is 16.3. The molecule has 1 rings (SSSR count). The number of hydrogen-bond acceptors (Lipinski definition) is 2. The van der Waals surface area contributed by atoms with Gasteiger partial charge in [0, 0.05) is 11.9 Å². The Morgan fingerprint density at radius 2 is 2.00 bits per heavy atom. The maximum absolute atomic E-state index is 9.27. The quantitative estimate of drug-likeness (QED) is 0.727. The smallest absolute Gasteiger partial charge is 0.0949 e. The van der Waals surface area contributed by atoms with Crippen molar-refractivity contribution in [1.29, 1.82) is 0 Å². The third-order valence-electron chi connectivity index (χ3n) is 2.53. The van der Waals surface area contributed by atoms with E-state index < -0.39 is 6.10 Å². The van der Waals surface area contributed by atoms with Gasteiger partial charge in [-0.15, -0.1) is 0 Å². The van der Waals surface area contributed by atoms with Gasteiger partial charge in [0.15, 0.2) is 0 Å². The van der Waals surface area contributed by atoms with Crippen molar-refractivity contribution in [3.8, 4) is 0 Å². The number of nitrogens with zero attached hydrogens (tertiary/aromatic N) is 1. The first kappa shape index (κ1) is 10.3. The topological polar surface area (TPSA) is 45.4 Å². The summed E-state index contributed by atoms with van der Waals surface area (Å²) in [4.78, 5) is 0. The molecule has 0 aliphatic heterocycles. The van der Waals surface area contributed by atoms with Gasteiger partial charge in [0.1, 0.15) is 0 Å². The van der Waals surface area contributed by atoms with Crippen LogP contribution in [0.2, 0.25) is 0 Å². The van der Waals surface area contributed by atoms with Crippen molar-refractivity contribution in [1.82, 2.24) is 4.57 Å². The van der Waals surface area contributed by atoms with E-state index in [4.69, 9.17) is 5.11 Å². The summed E-state index contributed by atoms with van der Waals surface area (Å²) in [6.07, 6.45) is 1.34. The van der Waals surface area contributed by atoms with Crippen molar-refractivity contribution < 1.29 is 10.2 Å². The Labute approximate surface area is 78.6 Å². The average Bonchev–Trinajstić information content (AvgIpc) is 2.34. The van der Waals surface area contributed by atoms with E-state index in [2.05, 4.69) is 6.92 Å². The minimum absolute atomic E-state index is 0.185. The molecule has 74 valence electrons. The summed E-state index contributed by atoms with van der Waals surface area (Å²) >= 11 is 0. The van der Waals surface area contributed by atoms with E-state index in [9.17, 15) is 5.11 Å². The summed E-state index contributed by atoms with van der Waals surface area (Å²) in [6, 6.07) is 0. The second-order valence-corrected chi connectivity index (χ2v) is 3.51. The maximum atomic E-state index is 9.27. The lowest BCUT2D eigenvalue weighted by Gasteiger charge is -2.10. The van der Waals surface area contributed by atoms with Gasteiger partial charge in [0.05, 0.1) is 19.3 Å². The number of aromatic nitrogens is 1. The summed E-state index contributed by atoms with van der Waals surface area (Å²) in [7, 11) is 0. The molecule has 13 heavy (non-hydrogen) atoms. The van der Waals surface area contributed by atoms with E-state index in [1.165, 1.54) is 11.1 Å². The van der Waals surface area contributed by atoms with Crippen molar-refractivity contribution in [2.75, 3.05) is 6.61 Å². The van der Waals surface area contributed by atoms with Crippen LogP contribution in [0, 0.1) is 20.8 Å². The van der Waals surface area contributed by atoms with Gasteiger partial charge in [-0.1, -0.05) is 0 Å². The molecule has 0 fully saturated rings. The fraction of sp³-hybridized carbons (Fsp3) is 0.600. The van der Waals surface area contributed by atoms with Gasteiger partial charge in [0.2, 0.25) is 0 Å². The van der Waals surface area contributed by atoms with Crippen LogP contribution in [0.1, 0.15) is 16.8 Å². The van der Waals surface area contributed by atoms with E-state index in [1.807, 2.05) is 24.6 Å². The van der Waals surface area contributed by atoms with Crippen LogP contribution in [-0.4, -0.2) is 27.5 Å². The standard InChI is InChI=1S/C10H17NO2/c1-7-4-11(5-10(13)6-12)9(3)8(7)2/h4,10,12-13H,5-6H2,1-3H3. The molecule has 3 nitrogen and oxygen atoms in total. The molecule has 1 heterocycles. The SMILES string of the molecule is Cc1cn(CC(O)CO)c(C)c1C. The van der Waals surface area contributed by atoms with E-state index in [1.54, 1.807) is 0 Å². The monoisotopic (exact) mass is 183 g/mol. The van der Waals surface area contributed by atoms with Crippen LogP contribution in [0.5, 0.6) is 0 Å². The van der Waals surface area contributed by atoms with Gasteiger partial charge in [-0.2, -0.15) is 0 Å². The minimum atomic E-state index is -0.662. The lowest BCUT2D eigenvalue weighted by atomic mass is 10.2. The first-order valence-electron chi connectivity index (χ1n) is 4.48. The highest BCUT2D eigenvalue weighted by Gasteiger charge is 2.08. The molecule has 1 atom stereocenters. The third-order valence-corrected chi connectivity index (χ3v) is 2.53. The van der Waals surface area contributed by atoms with Crippen LogP contribution in [0.4, 0.5) is 0 Å². The van der Waals surface area contributed by atoms with Crippen molar-refractivity contribution in [3.63, 3.8) is 0 Å². The number of rotatable bonds is 3. The fourth-order valence-electron chi connectivity index (χ4n) is 1.40. The third kappa shape index (κ3) is 2.11. The lowest BCUT2D eigenvalue weighted by Crippen LogP contribution is -2.19. The molecule has 1 aromatic rings. The zero-order valence-electron chi connectivity index (χ0n) is 8.41. The Bertz CT molecular complexity index is 291. The summed E-state index contributed by atoms with van der Waals surface area (Å²) in [6.45, 7) is 6.41. The van der Waals surface area contributed by atoms with Gasteiger partial charge in [-0.05, 0) is 31.9 Å². The zero-order valence-corrected chi connectivity index (χ0v) is 8.41. The molecule has 2 N–H and O–H groups in total. The Morgan fingerprint density at radius 1 is 1.38 bits per heavy atom. The molecule has 0 amide bonds. The summed E-state index contributed by atoms with van der Waals surface area (Å²) in [5.74, 6) is 0. The van der Waals surface area contributed by atoms with Gasteiger partial charge >= 0.3 is 0 Å². The fourth-order valence-corrected chi connectivity index (χ4v) is 1.40. The molecule has 3 heteroatoms. The number of aryl methyl sites for hydroxylation is 1. The van der Waals surface area contributed by atoms with E-state index >= 15 is 0 Å². The highest BCUT2D eigenvalue weighted by Crippen LogP contribution is 2.14. The van der Waals surface area contributed by atoms with E-state index in [0.29, 0.717) is 6.54 Å². The van der Waals surface area contributed by atoms with Crippen LogP contribution >= 0.6 is 0 Å². The van der Waals surface area contributed by atoms with E-state index in [0.717, 1.165) is 5.69 Å². The van der Waals surface area contributed by atoms with Gasteiger partial charge in [0.25, 0.3) is 0 Å². The number of hydrogen-bond donors (Lipinski definition) is 2. The molecular weight excluding hydrogens is 166 g/mol. The maximum Gasteiger partial charge on any atom is 0.0949 e. The Kier molecular flexibility index (Phi) is 3.12. The first-order chi connectivity index (χ1) is 6.06. The molecule has 0 spiro atoms. The normalized spacial score (nSPS) is 13.3. The zero-order chi connectivity index (χ0) is 10.0.